The van der Waals surface area contributed by atoms with Crippen LogP contribution in [0.3, 0.4) is 0 Å². The number of H-pyrrole nitrogens is 1. The summed E-state index contributed by atoms with van der Waals surface area (Å²) in [6.07, 6.45) is -0.384. The third-order valence-electron chi connectivity index (χ3n) is 4.20. The van der Waals surface area contributed by atoms with Gasteiger partial charge in [-0.3, -0.25) is 4.79 Å². The first-order valence-electron chi connectivity index (χ1n) is 8.34. The summed E-state index contributed by atoms with van der Waals surface area (Å²) in [5.74, 6) is 1.93. The fourth-order valence-electron chi connectivity index (χ4n) is 2.93. The number of aromatic nitrogens is 2. The van der Waals surface area contributed by atoms with E-state index in [4.69, 9.17) is 9.47 Å². The van der Waals surface area contributed by atoms with Gasteiger partial charge >= 0.3 is 0 Å². The zero-order chi connectivity index (χ0) is 17.2. The van der Waals surface area contributed by atoms with Crippen molar-refractivity contribution in [2.75, 3.05) is 6.54 Å². The molecule has 128 valence electrons. The molecule has 2 aromatic carbocycles. The summed E-state index contributed by atoms with van der Waals surface area (Å²) in [4.78, 5) is 20.2. The van der Waals surface area contributed by atoms with Gasteiger partial charge in [0, 0.05) is 13.0 Å². The van der Waals surface area contributed by atoms with Gasteiger partial charge < -0.3 is 19.8 Å². The molecule has 6 heteroatoms. The van der Waals surface area contributed by atoms with E-state index in [-0.39, 0.29) is 12.0 Å². The molecule has 1 aliphatic rings. The number of aromatic amines is 1. The number of fused-ring (bicyclic) bond motifs is 2. The Hall–Kier alpha value is -3.02. The second-order valence-electron chi connectivity index (χ2n) is 6.05. The SMILES string of the molecule is C[C@H]1Oc2ccccc2O[C@@H]1C(=O)NCCc1nc2ccccc2[nH]1. The van der Waals surface area contributed by atoms with Crippen LogP contribution in [0.2, 0.25) is 0 Å². The van der Waals surface area contributed by atoms with Crippen LogP contribution in [0.4, 0.5) is 0 Å². The highest BCUT2D eigenvalue weighted by molar-refractivity contribution is 5.82. The minimum atomic E-state index is -0.662. The predicted molar refractivity (Wildman–Crippen MR) is 93.8 cm³/mol. The Balaban J connectivity index is 1.36. The number of para-hydroxylation sites is 4. The molecule has 1 aromatic heterocycles. The molecule has 2 N–H and O–H groups in total. The first kappa shape index (κ1) is 15.5. The van der Waals surface area contributed by atoms with Gasteiger partial charge in [0.15, 0.2) is 11.5 Å². The molecule has 0 saturated carbocycles. The van der Waals surface area contributed by atoms with Gasteiger partial charge in [0.05, 0.1) is 11.0 Å². The third-order valence-corrected chi connectivity index (χ3v) is 4.20. The molecule has 0 bridgehead atoms. The lowest BCUT2D eigenvalue weighted by molar-refractivity contribution is -0.133. The fourth-order valence-corrected chi connectivity index (χ4v) is 2.93. The molecule has 2 atom stereocenters. The van der Waals surface area contributed by atoms with Crippen molar-refractivity contribution < 1.29 is 14.3 Å². The molecule has 0 aliphatic carbocycles. The van der Waals surface area contributed by atoms with Crippen molar-refractivity contribution in [3.63, 3.8) is 0 Å². The topological polar surface area (TPSA) is 76.2 Å². The quantitative estimate of drug-likeness (QED) is 0.767. The number of nitrogens with zero attached hydrogens (tertiary/aromatic N) is 1. The van der Waals surface area contributed by atoms with E-state index in [1.54, 1.807) is 6.07 Å². The summed E-state index contributed by atoms with van der Waals surface area (Å²) >= 11 is 0. The average Bonchev–Trinajstić information content (AvgIpc) is 3.03. The molecule has 0 fully saturated rings. The molecule has 2 heterocycles. The van der Waals surface area contributed by atoms with E-state index in [2.05, 4.69) is 15.3 Å². The van der Waals surface area contributed by atoms with Gasteiger partial charge in [-0.15, -0.1) is 0 Å². The van der Waals surface area contributed by atoms with Crippen molar-refractivity contribution in [2.45, 2.75) is 25.6 Å². The predicted octanol–water partition coefficient (Wildman–Crippen LogP) is 2.45. The molecule has 3 aromatic rings. The maximum atomic E-state index is 12.4. The van der Waals surface area contributed by atoms with Gasteiger partial charge in [-0.1, -0.05) is 24.3 Å². The first-order valence-corrected chi connectivity index (χ1v) is 8.34. The summed E-state index contributed by atoms with van der Waals surface area (Å²) in [6, 6.07) is 15.2. The van der Waals surface area contributed by atoms with Crippen LogP contribution in [-0.2, 0) is 11.2 Å². The van der Waals surface area contributed by atoms with E-state index in [0.717, 1.165) is 16.9 Å². The highest BCUT2D eigenvalue weighted by Crippen LogP contribution is 2.33. The highest BCUT2D eigenvalue weighted by atomic mass is 16.6. The number of benzene rings is 2. The van der Waals surface area contributed by atoms with Crippen molar-refractivity contribution in [3.8, 4) is 11.5 Å². The monoisotopic (exact) mass is 337 g/mol. The van der Waals surface area contributed by atoms with Gasteiger partial charge in [-0.05, 0) is 31.2 Å². The summed E-state index contributed by atoms with van der Waals surface area (Å²) in [7, 11) is 0. The molecule has 1 amide bonds. The van der Waals surface area contributed by atoms with Crippen LogP contribution in [0, 0.1) is 0 Å². The molecular weight excluding hydrogens is 318 g/mol. The molecule has 6 nitrogen and oxygen atoms in total. The van der Waals surface area contributed by atoms with Crippen LogP contribution in [0.25, 0.3) is 11.0 Å². The zero-order valence-electron chi connectivity index (χ0n) is 13.9. The average molecular weight is 337 g/mol. The molecule has 4 rings (SSSR count). The highest BCUT2D eigenvalue weighted by Gasteiger charge is 2.33. The molecule has 25 heavy (non-hydrogen) atoms. The Morgan fingerprint density at radius 1 is 1.12 bits per heavy atom. The van der Waals surface area contributed by atoms with Crippen LogP contribution in [-0.4, -0.2) is 34.6 Å². The van der Waals surface area contributed by atoms with Gasteiger partial charge in [0.25, 0.3) is 5.91 Å². The van der Waals surface area contributed by atoms with Crippen LogP contribution in [0.1, 0.15) is 12.7 Å². The summed E-state index contributed by atoms with van der Waals surface area (Å²) in [5, 5.41) is 2.90. The largest absolute Gasteiger partial charge is 0.482 e. The molecule has 0 saturated heterocycles. The number of carbonyl (C=O) groups excluding carboxylic acids is 1. The van der Waals surface area contributed by atoms with E-state index < -0.39 is 6.10 Å². The summed E-state index contributed by atoms with van der Waals surface area (Å²) in [6.45, 7) is 2.31. The van der Waals surface area contributed by atoms with Crippen LogP contribution in [0.5, 0.6) is 11.5 Å². The number of imidazole rings is 1. The van der Waals surface area contributed by atoms with Crippen LogP contribution in [0.15, 0.2) is 48.5 Å². The molecule has 0 spiro atoms. The van der Waals surface area contributed by atoms with E-state index in [0.29, 0.717) is 24.5 Å². The lowest BCUT2D eigenvalue weighted by Crippen LogP contribution is -2.49. The standard InChI is InChI=1S/C19H19N3O3/c1-12-18(25-16-9-5-4-8-15(16)24-12)19(23)20-11-10-17-21-13-6-2-3-7-14(13)22-17/h2-9,12,18H,10-11H2,1H3,(H,20,23)(H,21,22)/t12-,18+/m1/s1. The van der Waals surface area contributed by atoms with E-state index in [1.807, 2.05) is 49.4 Å². The third kappa shape index (κ3) is 3.15. The van der Waals surface area contributed by atoms with Crippen molar-refractivity contribution >= 4 is 16.9 Å². The van der Waals surface area contributed by atoms with Crippen LogP contribution >= 0.6 is 0 Å². The number of hydrogen-bond acceptors (Lipinski definition) is 4. The normalized spacial score (nSPS) is 18.9. The Labute approximate surface area is 145 Å². The smallest absolute Gasteiger partial charge is 0.265 e. The molecule has 0 radical (unpaired) electrons. The molecular formula is C19H19N3O3. The number of carbonyl (C=O) groups is 1. The van der Waals surface area contributed by atoms with Crippen molar-refractivity contribution in [1.29, 1.82) is 0 Å². The lowest BCUT2D eigenvalue weighted by Gasteiger charge is -2.30. The number of ether oxygens (including phenoxy) is 2. The molecule has 0 unspecified atom stereocenters. The van der Waals surface area contributed by atoms with E-state index >= 15 is 0 Å². The Morgan fingerprint density at radius 2 is 1.84 bits per heavy atom. The number of rotatable bonds is 4. The van der Waals surface area contributed by atoms with E-state index in [9.17, 15) is 4.79 Å². The van der Waals surface area contributed by atoms with Crippen molar-refractivity contribution in [1.82, 2.24) is 15.3 Å². The Kier molecular flexibility index (Phi) is 4.01. The van der Waals surface area contributed by atoms with Crippen molar-refractivity contribution in [2.24, 2.45) is 0 Å². The minimum absolute atomic E-state index is 0.182. The Morgan fingerprint density at radius 3 is 2.64 bits per heavy atom. The second-order valence-corrected chi connectivity index (χ2v) is 6.05. The van der Waals surface area contributed by atoms with Crippen molar-refractivity contribution in [3.05, 3.63) is 54.4 Å². The van der Waals surface area contributed by atoms with E-state index in [1.165, 1.54) is 0 Å². The Bertz CT molecular complexity index is 873. The summed E-state index contributed by atoms with van der Waals surface area (Å²) in [5.41, 5.74) is 1.93. The van der Waals surface area contributed by atoms with Gasteiger partial charge in [0.2, 0.25) is 6.10 Å². The lowest BCUT2D eigenvalue weighted by atomic mass is 10.1. The maximum absolute atomic E-state index is 12.4. The number of nitrogens with one attached hydrogen (secondary N) is 2. The molecule has 1 aliphatic heterocycles. The fraction of sp³-hybridized carbons (Fsp3) is 0.263. The summed E-state index contributed by atoms with van der Waals surface area (Å²) < 4.78 is 11.6. The number of hydrogen-bond donors (Lipinski definition) is 2. The van der Waals surface area contributed by atoms with Crippen LogP contribution < -0.4 is 14.8 Å². The second kappa shape index (κ2) is 6.47. The maximum Gasteiger partial charge on any atom is 0.265 e. The first-order chi connectivity index (χ1) is 12.2. The minimum Gasteiger partial charge on any atom is -0.482 e. The van der Waals surface area contributed by atoms with Gasteiger partial charge in [0.1, 0.15) is 11.9 Å². The zero-order valence-corrected chi connectivity index (χ0v) is 13.9. The van der Waals surface area contributed by atoms with Gasteiger partial charge in [-0.2, -0.15) is 0 Å². The number of amides is 1. The van der Waals surface area contributed by atoms with Gasteiger partial charge in [-0.25, -0.2) is 4.98 Å².